The highest BCUT2D eigenvalue weighted by molar-refractivity contribution is 5.94. The van der Waals surface area contributed by atoms with Gasteiger partial charge >= 0.3 is 0 Å². The molecule has 0 bridgehead atoms. The molecular weight excluding hydrogens is 292 g/mol. The number of halogens is 2. The van der Waals surface area contributed by atoms with Crippen LogP contribution in [-0.2, 0) is 0 Å². The summed E-state index contributed by atoms with van der Waals surface area (Å²) in [5.41, 5.74) is -1.12. The molecule has 4 nitrogen and oxygen atoms in total. The highest BCUT2D eigenvalue weighted by atomic mass is 19.2. The van der Waals surface area contributed by atoms with E-state index < -0.39 is 29.1 Å². The normalized spacial score (nSPS) is 25.3. The summed E-state index contributed by atoms with van der Waals surface area (Å²) in [4.78, 5) is 13.8. The van der Waals surface area contributed by atoms with Gasteiger partial charge in [-0.3, -0.25) is 4.79 Å². The second kappa shape index (κ2) is 6.71. The van der Waals surface area contributed by atoms with E-state index in [4.69, 9.17) is 0 Å². The third-order valence-corrected chi connectivity index (χ3v) is 4.42. The Balaban J connectivity index is 2.25. The Labute approximate surface area is 128 Å². The Morgan fingerprint density at radius 1 is 1.45 bits per heavy atom. The molecule has 1 saturated heterocycles. The van der Waals surface area contributed by atoms with Crippen LogP contribution in [-0.4, -0.2) is 46.8 Å². The number of likely N-dealkylation sites (tertiary alicyclic amines) is 1. The summed E-state index contributed by atoms with van der Waals surface area (Å²) in [6.07, 6.45) is 0.899. The number of carbonyl (C=O) groups is 1. The Hall–Kier alpha value is -1.53. The number of nitrogens with zero attached hydrogens (tertiary/aromatic N) is 1. The van der Waals surface area contributed by atoms with E-state index in [1.165, 1.54) is 17.0 Å². The standard InChI is InChI=1S/C16H21F2NO3/c1-2-7-16(10-20)9-19(8-6-13(16)21)15(22)11-4-3-5-12(17)14(11)18/h3-5,13,20-21H,2,6-10H2,1H3/t13-,16-/m0/s1. The summed E-state index contributed by atoms with van der Waals surface area (Å²) in [6, 6.07) is 3.49. The summed E-state index contributed by atoms with van der Waals surface area (Å²) in [7, 11) is 0. The maximum atomic E-state index is 13.8. The fourth-order valence-electron chi connectivity index (χ4n) is 3.14. The van der Waals surface area contributed by atoms with Crippen molar-refractivity contribution in [2.24, 2.45) is 5.41 Å². The first-order valence-corrected chi connectivity index (χ1v) is 7.47. The van der Waals surface area contributed by atoms with Crippen LogP contribution >= 0.6 is 0 Å². The first kappa shape index (κ1) is 16.8. The maximum absolute atomic E-state index is 13.8. The summed E-state index contributed by atoms with van der Waals surface area (Å²) < 4.78 is 27.1. The molecule has 0 radical (unpaired) electrons. The number of hydrogen-bond donors (Lipinski definition) is 2. The summed E-state index contributed by atoms with van der Waals surface area (Å²) in [5, 5.41) is 19.9. The van der Waals surface area contributed by atoms with Crippen LogP contribution < -0.4 is 0 Å². The van der Waals surface area contributed by atoms with Gasteiger partial charge in [0.25, 0.3) is 5.91 Å². The van der Waals surface area contributed by atoms with Crippen LogP contribution in [0.3, 0.4) is 0 Å². The van der Waals surface area contributed by atoms with Crippen molar-refractivity contribution in [2.75, 3.05) is 19.7 Å². The molecule has 22 heavy (non-hydrogen) atoms. The molecule has 2 N–H and O–H groups in total. The lowest BCUT2D eigenvalue weighted by Crippen LogP contribution is -2.55. The van der Waals surface area contributed by atoms with Crippen LogP contribution in [0, 0.1) is 17.0 Å². The van der Waals surface area contributed by atoms with E-state index in [0.717, 1.165) is 12.5 Å². The van der Waals surface area contributed by atoms with Gasteiger partial charge in [-0.05, 0) is 25.0 Å². The highest BCUT2D eigenvalue weighted by Gasteiger charge is 2.43. The summed E-state index contributed by atoms with van der Waals surface area (Å²) in [6.45, 7) is 2.06. The van der Waals surface area contributed by atoms with Crippen molar-refractivity contribution in [3.05, 3.63) is 35.4 Å². The number of aliphatic hydroxyl groups is 2. The Kier molecular flexibility index (Phi) is 5.13. The van der Waals surface area contributed by atoms with Gasteiger partial charge in [0.15, 0.2) is 11.6 Å². The molecule has 1 aliphatic heterocycles. The first-order valence-electron chi connectivity index (χ1n) is 7.47. The van der Waals surface area contributed by atoms with Gasteiger partial charge in [0.1, 0.15) is 0 Å². The van der Waals surface area contributed by atoms with Crippen LogP contribution in [0.1, 0.15) is 36.5 Å². The second-order valence-electron chi connectivity index (χ2n) is 5.90. The third-order valence-electron chi connectivity index (χ3n) is 4.42. The predicted molar refractivity (Wildman–Crippen MR) is 77.3 cm³/mol. The number of rotatable bonds is 4. The Morgan fingerprint density at radius 3 is 2.82 bits per heavy atom. The average Bonchev–Trinajstić information content (AvgIpc) is 2.52. The molecule has 0 spiro atoms. The number of aliphatic hydroxyl groups excluding tert-OH is 2. The first-order chi connectivity index (χ1) is 10.4. The minimum absolute atomic E-state index is 0.132. The smallest absolute Gasteiger partial charge is 0.256 e. The van der Waals surface area contributed by atoms with E-state index in [1.54, 1.807) is 0 Å². The maximum Gasteiger partial charge on any atom is 0.256 e. The molecule has 122 valence electrons. The molecule has 0 aliphatic carbocycles. The van der Waals surface area contributed by atoms with E-state index in [0.29, 0.717) is 12.8 Å². The number of benzene rings is 1. The van der Waals surface area contributed by atoms with Crippen molar-refractivity contribution >= 4 is 5.91 Å². The molecule has 0 aromatic heterocycles. The molecular formula is C16H21F2NO3. The van der Waals surface area contributed by atoms with Crippen molar-refractivity contribution in [3.8, 4) is 0 Å². The average molecular weight is 313 g/mol. The fraction of sp³-hybridized carbons (Fsp3) is 0.562. The molecule has 2 atom stereocenters. The number of hydrogen-bond acceptors (Lipinski definition) is 3. The molecule has 1 fully saturated rings. The lowest BCUT2D eigenvalue weighted by molar-refractivity contribution is -0.0720. The van der Waals surface area contributed by atoms with Gasteiger partial charge in [0.05, 0.1) is 18.3 Å². The van der Waals surface area contributed by atoms with Crippen molar-refractivity contribution < 1.29 is 23.8 Å². The molecule has 0 unspecified atom stereocenters. The number of amides is 1. The number of carbonyl (C=O) groups excluding carboxylic acids is 1. The van der Waals surface area contributed by atoms with Gasteiger partial charge in [0, 0.05) is 18.5 Å². The molecule has 2 rings (SSSR count). The third kappa shape index (κ3) is 2.98. The van der Waals surface area contributed by atoms with Crippen LogP contribution in [0.5, 0.6) is 0 Å². The van der Waals surface area contributed by atoms with E-state index in [-0.39, 0.29) is 25.3 Å². The Morgan fingerprint density at radius 2 is 2.18 bits per heavy atom. The van der Waals surface area contributed by atoms with Crippen molar-refractivity contribution in [1.29, 1.82) is 0 Å². The molecule has 1 heterocycles. The molecule has 1 aliphatic rings. The molecule has 0 saturated carbocycles. The summed E-state index contributed by atoms with van der Waals surface area (Å²) in [5.74, 6) is -2.84. The summed E-state index contributed by atoms with van der Waals surface area (Å²) >= 11 is 0. The zero-order valence-electron chi connectivity index (χ0n) is 12.6. The topological polar surface area (TPSA) is 60.8 Å². The lowest BCUT2D eigenvalue weighted by Gasteiger charge is -2.45. The van der Waals surface area contributed by atoms with Crippen LogP contribution in [0.4, 0.5) is 8.78 Å². The van der Waals surface area contributed by atoms with E-state index >= 15 is 0 Å². The quantitative estimate of drug-likeness (QED) is 0.893. The van der Waals surface area contributed by atoms with Crippen molar-refractivity contribution in [1.82, 2.24) is 4.90 Å². The van der Waals surface area contributed by atoms with Crippen LogP contribution in [0.2, 0.25) is 0 Å². The molecule has 1 amide bonds. The second-order valence-corrected chi connectivity index (χ2v) is 5.90. The molecule has 6 heteroatoms. The molecule has 1 aromatic carbocycles. The van der Waals surface area contributed by atoms with Gasteiger partial charge in [-0.2, -0.15) is 0 Å². The van der Waals surface area contributed by atoms with Gasteiger partial charge in [-0.15, -0.1) is 0 Å². The van der Waals surface area contributed by atoms with E-state index in [1.807, 2.05) is 6.92 Å². The highest BCUT2D eigenvalue weighted by Crippen LogP contribution is 2.35. The van der Waals surface area contributed by atoms with E-state index in [9.17, 15) is 23.8 Å². The van der Waals surface area contributed by atoms with Crippen molar-refractivity contribution in [3.63, 3.8) is 0 Å². The fourth-order valence-corrected chi connectivity index (χ4v) is 3.14. The SMILES string of the molecule is CCC[C@@]1(CO)CN(C(=O)c2cccc(F)c2F)CC[C@@H]1O. The minimum atomic E-state index is -1.16. The van der Waals surface area contributed by atoms with Gasteiger partial charge in [-0.1, -0.05) is 19.4 Å². The number of piperidine rings is 1. The zero-order valence-corrected chi connectivity index (χ0v) is 12.6. The van der Waals surface area contributed by atoms with Gasteiger partial charge in [0.2, 0.25) is 0 Å². The van der Waals surface area contributed by atoms with Gasteiger partial charge < -0.3 is 15.1 Å². The monoisotopic (exact) mass is 313 g/mol. The van der Waals surface area contributed by atoms with E-state index in [2.05, 4.69) is 0 Å². The zero-order chi connectivity index (χ0) is 16.3. The van der Waals surface area contributed by atoms with Crippen LogP contribution in [0.15, 0.2) is 18.2 Å². The minimum Gasteiger partial charge on any atom is -0.396 e. The lowest BCUT2D eigenvalue weighted by atomic mass is 9.74. The van der Waals surface area contributed by atoms with Gasteiger partial charge in [-0.25, -0.2) is 8.78 Å². The van der Waals surface area contributed by atoms with Crippen LogP contribution in [0.25, 0.3) is 0 Å². The predicted octanol–water partition coefficient (Wildman–Crippen LogP) is 1.95. The van der Waals surface area contributed by atoms with Crippen molar-refractivity contribution in [2.45, 2.75) is 32.3 Å². The largest absolute Gasteiger partial charge is 0.396 e. The molecule has 1 aromatic rings. The Bertz CT molecular complexity index is 552.